The molecule has 0 aliphatic carbocycles. The Labute approximate surface area is 108 Å². The highest BCUT2D eigenvalue weighted by Gasteiger charge is 2.31. The molecule has 18 heavy (non-hydrogen) atoms. The fourth-order valence-electron chi connectivity index (χ4n) is 2.32. The Balaban J connectivity index is 2.00. The average molecular weight is 248 g/mol. The summed E-state index contributed by atoms with van der Waals surface area (Å²) in [4.78, 5) is 12.2. The van der Waals surface area contributed by atoms with Crippen LogP contribution in [0.3, 0.4) is 0 Å². The molecule has 1 aromatic carbocycles. The van der Waals surface area contributed by atoms with Gasteiger partial charge in [0.2, 0.25) is 5.91 Å². The summed E-state index contributed by atoms with van der Waals surface area (Å²) >= 11 is 0. The lowest BCUT2D eigenvalue weighted by Gasteiger charge is -2.21. The van der Waals surface area contributed by atoms with Gasteiger partial charge in [0.1, 0.15) is 0 Å². The second-order valence-corrected chi connectivity index (χ2v) is 4.68. The summed E-state index contributed by atoms with van der Waals surface area (Å²) in [5.74, 6) is -0.0120. The number of hydrogen-bond donors (Lipinski definition) is 2. The molecule has 2 rings (SSSR count). The summed E-state index contributed by atoms with van der Waals surface area (Å²) in [6, 6.07) is 9.69. The first kappa shape index (κ1) is 13.1. The van der Waals surface area contributed by atoms with E-state index in [-0.39, 0.29) is 24.0 Å². The lowest BCUT2D eigenvalue weighted by molar-refractivity contribution is -0.127. The molecule has 98 valence electrons. The van der Waals surface area contributed by atoms with Crippen molar-refractivity contribution in [2.24, 2.45) is 11.7 Å². The van der Waals surface area contributed by atoms with Gasteiger partial charge in [0.25, 0.3) is 0 Å². The highest BCUT2D eigenvalue weighted by molar-refractivity contribution is 5.80. The molecule has 1 aromatic rings. The molecule has 0 aromatic heterocycles. The maximum Gasteiger partial charge on any atom is 0.226 e. The number of nitrogens with two attached hydrogens (primary N) is 1. The van der Waals surface area contributed by atoms with Crippen LogP contribution in [0.4, 0.5) is 0 Å². The second kappa shape index (κ2) is 5.98. The third-order valence-electron chi connectivity index (χ3n) is 3.47. The van der Waals surface area contributed by atoms with Crippen molar-refractivity contribution in [3.05, 3.63) is 35.9 Å². The minimum Gasteiger partial charge on any atom is -0.378 e. The normalized spacial score (nSPS) is 24.8. The van der Waals surface area contributed by atoms with Gasteiger partial charge in [-0.15, -0.1) is 0 Å². The summed E-state index contributed by atoms with van der Waals surface area (Å²) in [5.41, 5.74) is 6.78. The minimum absolute atomic E-state index is 0.000743. The van der Waals surface area contributed by atoms with E-state index in [0.29, 0.717) is 13.2 Å². The van der Waals surface area contributed by atoms with Crippen molar-refractivity contribution in [1.82, 2.24) is 5.32 Å². The summed E-state index contributed by atoms with van der Waals surface area (Å²) in [5, 5.41) is 3.01. The maximum atomic E-state index is 12.2. The van der Waals surface area contributed by atoms with Crippen molar-refractivity contribution in [3.8, 4) is 0 Å². The smallest absolute Gasteiger partial charge is 0.226 e. The van der Waals surface area contributed by atoms with E-state index in [4.69, 9.17) is 10.5 Å². The maximum absolute atomic E-state index is 12.2. The first-order valence-electron chi connectivity index (χ1n) is 6.39. The lowest BCUT2D eigenvalue weighted by Crippen LogP contribution is -2.39. The van der Waals surface area contributed by atoms with E-state index in [1.165, 1.54) is 0 Å². The van der Waals surface area contributed by atoms with Crippen LogP contribution in [-0.2, 0) is 9.53 Å². The number of carbonyl (C=O) groups is 1. The number of ether oxygens (including phenoxy) is 1. The molecule has 1 aliphatic heterocycles. The molecule has 1 saturated heterocycles. The number of nitrogens with one attached hydrogen (secondary N) is 1. The van der Waals surface area contributed by atoms with E-state index < -0.39 is 0 Å². The van der Waals surface area contributed by atoms with Gasteiger partial charge >= 0.3 is 0 Å². The Morgan fingerprint density at radius 3 is 2.78 bits per heavy atom. The second-order valence-electron chi connectivity index (χ2n) is 4.68. The van der Waals surface area contributed by atoms with E-state index in [1.807, 2.05) is 37.3 Å². The third-order valence-corrected chi connectivity index (χ3v) is 3.47. The molecule has 3 N–H and O–H groups in total. The molecule has 0 spiro atoms. The van der Waals surface area contributed by atoms with Crippen LogP contribution in [0.5, 0.6) is 0 Å². The van der Waals surface area contributed by atoms with E-state index in [2.05, 4.69) is 5.32 Å². The zero-order valence-electron chi connectivity index (χ0n) is 10.6. The average Bonchev–Trinajstić information content (AvgIpc) is 2.83. The van der Waals surface area contributed by atoms with Crippen LogP contribution in [0.1, 0.15) is 24.9 Å². The van der Waals surface area contributed by atoms with Crippen molar-refractivity contribution in [2.75, 3.05) is 13.2 Å². The van der Waals surface area contributed by atoms with Gasteiger partial charge in [0, 0.05) is 13.2 Å². The number of carbonyl (C=O) groups excluding carboxylic acids is 1. The Morgan fingerprint density at radius 1 is 1.50 bits per heavy atom. The largest absolute Gasteiger partial charge is 0.378 e. The molecule has 1 amide bonds. The zero-order chi connectivity index (χ0) is 13.0. The van der Waals surface area contributed by atoms with Crippen molar-refractivity contribution in [3.63, 3.8) is 0 Å². The Hall–Kier alpha value is -1.39. The van der Waals surface area contributed by atoms with E-state index in [0.717, 1.165) is 12.0 Å². The minimum atomic E-state index is -0.119. The van der Waals surface area contributed by atoms with E-state index >= 15 is 0 Å². The summed E-state index contributed by atoms with van der Waals surface area (Å²) < 4.78 is 5.42. The van der Waals surface area contributed by atoms with E-state index in [9.17, 15) is 4.79 Å². The lowest BCUT2D eigenvalue weighted by atomic mass is 10.00. The molecular weight excluding hydrogens is 228 g/mol. The Kier molecular flexibility index (Phi) is 4.33. The number of hydrogen-bond acceptors (Lipinski definition) is 3. The molecule has 1 heterocycles. The molecular formula is C14H20N2O2. The summed E-state index contributed by atoms with van der Waals surface area (Å²) in [7, 11) is 0. The monoisotopic (exact) mass is 248 g/mol. The highest BCUT2D eigenvalue weighted by Crippen LogP contribution is 2.22. The Bertz CT molecular complexity index is 394. The van der Waals surface area contributed by atoms with Gasteiger partial charge in [-0.05, 0) is 18.9 Å². The number of benzene rings is 1. The quantitative estimate of drug-likeness (QED) is 0.842. The third kappa shape index (κ3) is 2.89. The molecule has 0 saturated carbocycles. The molecule has 3 atom stereocenters. The standard InChI is InChI=1S/C14H20N2O2/c1-10-12(7-8-18-10)14(17)16-13(9-15)11-5-3-2-4-6-11/h2-6,10,12-13H,7-9,15H2,1H3,(H,16,17). The SMILES string of the molecule is CC1OCCC1C(=O)NC(CN)c1ccccc1. The molecule has 3 unspecified atom stereocenters. The first-order chi connectivity index (χ1) is 8.72. The van der Waals surface area contributed by atoms with Crippen LogP contribution in [0.2, 0.25) is 0 Å². The van der Waals surface area contributed by atoms with Gasteiger partial charge < -0.3 is 15.8 Å². The van der Waals surface area contributed by atoms with Crippen molar-refractivity contribution in [1.29, 1.82) is 0 Å². The van der Waals surface area contributed by atoms with Crippen LogP contribution in [0.15, 0.2) is 30.3 Å². The van der Waals surface area contributed by atoms with E-state index in [1.54, 1.807) is 0 Å². The van der Waals surface area contributed by atoms with Gasteiger partial charge in [0.15, 0.2) is 0 Å². The van der Waals surface area contributed by atoms with Crippen LogP contribution in [0, 0.1) is 5.92 Å². The van der Waals surface area contributed by atoms with Gasteiger partial charge in [0.05, 0.1) is 18.1 Å². The van der Waals surface area contributed by atoms with Gasteiger partial charge in [-0.2, -0.15) is 0 Å². The predicted octanol–water partition coefficient (Wildman–Crippen LogP) is 1.23. The first-order valence-corrected chi connectivity index (χ1v) is 6.39. The molecule has 0 bridgehead atoms. The van der Waals surface area contributed by atoms with Crippen molar-refractivity contribution >= 4 is 5.91 Å². The van der Waals surface area contributed by atoms with Crippen molar-refractivity contribution in [2.45, 2.75) is 25.5 Å². The predicted molar refractivity (Wildman–Crippen MR) is 69.9 cm³/mol. The van der Waals surface area contributed by atoms with Gasteiger partial charge in [-0.1, -0.05) is 30.3 Å². The zero-order valence-corrected chi connectivity index (χ0v) is 10.6. The fourth-order valence-corrected chi connectivity index (χ4v) is 2.32. The Morgan fingerprint density at radius 2 is 2.22 bits per heavy atom. The molecule has 4 nitrogen and oxygen atoms in total. The van der Waals surface area contributed by atoms with Crippen LogP contribution >= 0.6 is 0 Å². The summed E-state index contributed by atoms with van der Waals surface area (Å²) in [6.07, 6.45) is 0.790. The van der Waals surface area contributed by atoms with Crippen molar-refractivity contribution < 1.29 is 9.53 Å². The van der Waals surface area contributed by atoms with Gasteiger partial charge in [-0.3, -0.25) is 4.79 Å². The van der Waals surface area contributed by atoms with Gasteiger partial charge in [-0.25, -0.2) is 0 Å². The fraction of sp³-hybridized carbons (Fsp3) is 0.500. The topological polar surface area (TPSA) is 64.3 Å². The summed E-state index contributed by atoms with van der Waals surface area (Å²) in [6.45, 7) is 3.01. The number of rotatable bonds is 4. The highest BCUT2D eigenvalue weighted by atomic mass is 16.5. The van der Waals surface area contributed by atoms with Crippen LogP contribution in [0.25, 0.3) is 0 Å². The molecule has 0 radical (unpaired) electrons. The number of amides is 1. The molecule has 4 heteroatoms. The van der Waals surface area contributed by atoms with Crippen LogP contribution in [-0.4, -0.2) is 25.2 Å². The molecule has 1 aliphatic rings. The van der Waals surface area contributed by atoms with Crippen LogP contribution < -0.4 is 11.1 Å². The molecule has 1 fully saturated rings.